The van der Waals surface area contributed by atoms with E-state index < -0.39 is 6.04 Å². The van der Waals surface area contributed by atoms with Crippen LogP contribution in [0.2, 0.25) is 0 Å². The van der Waals surface area contributed by atoms with E-state index in [9.17, 15) is 4.79 Å². The number of carbonyl (C=O) groups is 1. The molecule has 4 aromatic carbocycles. The van der Waals surface area contributed by atoms with Crippen molar-refractivity contribution in [3.05, 3.63) is 131 Å². The molecule has 0 radical (unpaired) electrons. The molecule has 0 aliphatic carbocycles. The molecule has 1 aliphatic heterocycles. The predicted octanol–water partition coefficient (Wildman–Crippen LogP) is 7.55. The third kappa shape index (κ3) is 5.64. The number of methoxy groups -OCH3 is 3. The van der Waals surface area contributed by atoms with Crippen molar-refractivity contribution < 1.29 is 19.0 Å². The summed E-state index contributed by atoms with van der Waals surface area (Å²) in [5, 5.41) is 3.60. The summed E-state index contributed by atoms with van der Waals surface area (Å²) in [6, 6.07) is 32.0. The largest absolute Gasteiger partial charge is 0.497 e. The molecule has 0 fully saturated rings. The Kier molecular flexibility index (Phi) is 8.29. The number of nitrogens with zero attached hydrogens (tertiary/aromatic N) is 1. The van der Waals surface area contributed by atoms with Crippen molar-refractivity contribution in [2.75, 3.05) is 31.5 Å². The Labute approximate surface area is 242 Å². The molecule has 0 aromatic heterocycles. The third-order valence-electron chi connectivity index (χ3n) is 7.80. The van der Waals surface area contributed by atoms with Crippen LogP contribution < -0.4 is 19.7 Å². The molecule has 210 valence electrons. The molecule has 6 nitrogen and oxygen atoms in total. The number of anilines is 2. The van der Waals surface area contributed by atoms with Gasteiger partial charge in [-0.3, -0.25) is 0 Å². The van der Waals surface area contributed by atoms with Crippen molar-refractivity contribution in [1.29, 1.82) is 0 Å². The van der Waals surface area contributed by atoms with Crippen LogP contribution in [-0.2, 0) is 9.53 Å². The van der Waals surface area contributed by atoms with Gasteiger partial charge >= 0.3 is 5.97 Å². The first-order valence-corrected chi connectivity index (χ1v) is 13.7. The zero-order chi connectivity index (χ0) is 28.9. The van der Waals surface area contributed by atoms with Gasteiger partial charge in [-0.25, -0.2) is 4.79 Å². The number of ether oxygens (including phenoxy) is 3. The zero-order valence-corrected chi connectivity index (χ0v) is 24.2. The molecule has 41 heavy (non-hydrogen) atoms. The van der Waals surface area contributed by atoms with Gasteiger partial charge in [0.15, 0.2) is 0 Å². The molecule has 6 heteroatoms. The van der Waals surface area contributed by atoms with E-state index in [4.69, 9.17) is 14.2 Å². The quantitative estimate of drug-likeness (QED) is 0.229. The fraction of sp³-hybridized carbons (Fsp3) is 0.229. The minimum Gasteiger partial charge on any atom is -0.497 e. The van der Waals surface area contributed by atoms with Crippen LogP contribution in [-0.4, -0.2) is 27.3 Å². The second-order valence-electron chi connectivity index (χ2n) is 10.2. The van der Waals surface area contributed by atoms with Crippen molar-refractivity contribution in [3.63, 3.8) is 0 Å². The first-order valence-electron chi connectivity index (χ1n) is 13.7. The van der Waals surface area contributed by atoms with Crippen LogP contribution in [0, 0.1) is 13.8 Å². The number of benzene rings is 4. The van der Waals surface area contributed by atoms with Gasteiger partial charge < -0.3 is 24.4 Å². The number of aryl methyl sites for hydroxylation is 2. The molecule has 0 amide bonds. The molecule has 5 rings (SSSR count). The van der Waals surface area contributed by atoms with Crippen molar-refractivity contribution in [1.82, 2.24) is 0 Å². The van der Waals surface area contributed by atoms with Gasteiger partial charge in [0.1, 0.15) is 11.5 Å². The molecule has 1 aliphatic rings. The molecule has 0 saturated carbocycles. The van der Waals surface area contributed by atoms with Crippen molar-refractivity contribution >= 4 is 17.3 Å². The second-order valence-corrected chi connectivity index (χ2v) is 10.2. The van der Waals surface area contributed by atoms with E-state index in [1.54, 1.807) is 14.2 Å². The van der Waals surface area contributed by atoms with Gasteiger partial charge in [0.25, 0.3) is 0 Å². The Balaban J connectivity index is 1.78. The third-order valence-corrected chi connectivity index (χ3v) is 7.80. The van der Waals surface area contributed by atoms with Crippen molar-refractivity contribution in [3.8, 4) is 11.5 Å². The van der Waals surface area contributed by atoms with E-state index in [-0.39, 0.29) is 12.0 Å². The smallest absolute Gasteiger partial charge is 0.337 e. The van der Waals surface area contributed by atoms with Crippen LogP contribution in [0.3, 0.4) is 0 Å². The average Bonchev–Trinajstić information content (AvgIpc) is 3.01. The Morgan fingerprint density at radius 3 is 1.80 bits per heavy atom. The summed E-state index contributed by atoms with van der Waals surface area (Å²) in [6.07, 6.45) is 0.565. The highest BCUT2D eigenvalue weighted by Crippen LogP contribution is 2.49. The highest BCUT2D eigenvalue weighted by molar-refractivity contribution is 5.93. The summed E-state index contributed by atoms with van der Waals surface area (Å²) in [4.78, 5) is 16.1. The number of esters is 1. The lowest BCUT2D eigenvalue weighted by Gasteiger charge is -2.46. The highest BCUT2D eigenvalue weighted by atomic mass is 16.5. The van der Waals surface area contributed by atoms with Crippen LogP contribution in [0.5, 0.6) is 11.5 Å². The topological polar surface area (TPSA) is 60.0 Å². The van der Waals surface area contributed by atoms with E-state index in [1.807, 2.05) is 48.5 Å². The van der Waals surface area contributed by atoms with Crippen LogP contribution in [0.25, 0.3) is 0 Å². The molecule has 2 unspecified atom stereocenters. The Morgan fingerprint density at radius 2 is 1.27 bits per heavy atom. The summed E-state index contributed by atoms with van der Waals surface area (Å²) in [5.74, 6) is 1.18. The Bertz CT molecular complexity index is 1540. The maximum atomic E-state index is 13.8. The molecule has 2 atom stereocenters. The standard InChI is InChI=1S/C35H36N2O4/c1-23-10-6-8-12-29(23)32-22-31(36-25-14-18-27(39-3)19-15-25)33(35(38)41-5)34(30-13-9-7-11-24(30)2)37(32)26-16-20-28(40-4)21-17-26/h6-21,32,34,36H,22H2,1-5H3. The fourth-order valence-electron chi connectivity index (χ4n) is 5.70. The van der Waals surface area contributed by atoms with Crippen molar-refractivity contribution in [2.45, 2.75) is 32.4 Å². The molecule has 0 saturated heterocycles. The Hall–Kier alpha value is -4.71. The van der Waals surface area contributed by atoms with Gasteiger partial charge in [0.05, 0.1) is 39.0 Å². The van der Waals surface area contributed by atoms with Gasteiger partial charge in [-0.05, 0) is 84.6 Å². The zero-order valence-electron chi connectivity index (χ0n) is 24.2. The minimum absolute atomic E-state index is 0.0802. The number of carbonyl (C=O) groups excluding carboxylic acids is 1. The minimum atomic E-state index is -0.420. The molecular formula is C35H36N2O4. The first kappa shape index (κ1) is 27.8. The molecule has 1 N–H and O–H groups in total. The lowest BCUT2D eigenvalue weighted by Crippen LogP contribution is -2.42. The maximum Gasteiger partial charge on any atom is 0.337 e. The summed E-state index contributed by atoms with van der Waals surface area (Å²) in [6.45, 7) is 4.23. The van der Waals surface area contributed by atoms with E-state index in [2.05, 4.69) is 72.6 Å². The van der Waals surface area contributed by atoms with Crippen LogP contribution in [0.15, 0.2) is 108 Å². The monoisotopic (exact) mass is 548 g/mol. The van der Waals surface area contributed by atoms with Gasteiger partial charge in [0, 0.05) is 23.5 Å². The summed E-state index contributed by atoms with van der Waals surface area (Å²) >= 11 is 0. The number of hydrogen-bond donors (Lipinski definition) is 1. The van der Waals surface area contributed by atoms with Crippen LogP contribution in [0.4, 0.5) is 11.4 Å². The van der Waals surface area contributed by atoms with Gasteiger partial charge in [-0.15, -0.1) is 0 Å². The van der Waals surface area contributed by atoms with E-state index >= 15 is 0 Å². The molecule has 1 heterocycles. The lowest BCUT2D eigenvalue weighted by atomic mass is 9.82. The van der Waals surface area contributed by atoms with Crippen LogP contribution in [0.1, 0.15) is 40.8 Å². The van der Waals surface area contributed by atoms with E-state index in [1.165, 1.54) is 18.2 Å². The SMILES string of the molecule is COC(=O)C1=C(Nc2ccc(OC)cc2)CC(c2ccccc2C)N(c2ccc(OC)cc2)C1c1ccccc1C. The van der Waals surface area contributed by atoms with Gasteiger partial charge in [-0.2, -0.15) is 0 Å². The molecule has 0 bridgehead atoms. The summed E-state index contributed by atoms with van der Waals surface area (Å²) < 4.78 is 16.3. The average molecular weight is 549 g/mol. The fourth-order valence-corrected chi connectivity index (χ4v) is 5.70. The first-order chi connectivity index (χ1) is 19.9. The predicted molar refractivity (Wildman–Crippen MR) is 164 cm³/mol. The van der Waals surface area contributed by atoms with E-state index in [0.29, 0.717) is 12.0 Å². The lowest BCUT2D eigenvalue weighted by molar-refractivity contribution is -0.136. The normalized spacial score (nSPS) is 16.8. The molecule has 0 spiro atoms. The maximum absolute atomic E-state index is 13.8. The number of nitrogens with one attached hydrogen (secondary N) is 1. The molecular weight excluding hydrogens is 512 g/mol. The van der Waals surface area contributed by atoms with Gasteiger partial charge in [-0.1, -0.05) is 48.5 Å². The molecule has 4 aromatic rings. The summed E-state index contributed by atoms with van der Waals surface area (Å²) in [7, 11) is 4.76. The van der Waals surface area contributed by atoms with E-state index in [0.717, 1.165) is 39.7 Å². The Morgan fingerprint density at radius 1 is 0.732 bits per heavy atom. The highest BCUT2D eigenvalue weighted by Gasteiger charge is 2.42. The second kappa shape index (κ2) is 12.2. The van der Waals surface area contributed by atoms with Crippen molar-refractivity contribution in [2.24, 2.45) is 0 Å². The number of hydrogen-bond acceptors (Lipinski definition) is 6. The number of rotatable bonds is 8. The summed E-state index contributed by atoms with van der Waals surface area (Å²) in [5.41, 5.74) is 7.77. The van der Waals surface area contributed by atoms with Gasteiger partial charge in [0.2, 0.25) is 0 Å². The van der Waals surface area contributed by atoms with Crippen LogP contribution >= 0.6 is 0 Å².